The van der Waals surface area contributed by atoms with E-state index in [-0.39, 0.29) is 6.04 Å². The van der Waals surface area contributed by atoms with Crippen LogP contribution in [0.4, 0.5) is 0 Å². The van der Waals surface area contributed by atoms with Gasteiger partial charge in [-0.3, -0.25) is 9.69 Å². The van der Waals surface area contributed by atoms with Crippen molar-refractivity contribution in [2.45, 2.75) is 37.7 Å². The molecule has 2 fully saturated rings. The van der Waals surface area contributed by atoms with Gasteiger partial charge >= 0.3 is 0 Å². The van der Waals surface area contributed by atoms with Gasteiger partial charge in [0.05, 0.1) is 12.2 Å². The highest BCUT2D eigenvalue weighted by Crippen LogP contribution is 2.23. The van der Waals surface area contributed by atoms with E-state index >= 15 is 0 Å². The zero-order valence-electron chi connectivity index (χ0n) is 10.6. The van der Waals surface area contributed by atoms with Gasteiger partial charge in [-0.05, 0) is 19.3 Å². The average molecular weight is 258 g/mol. The van der Waals surface area contributed by atoms with Crippen LogP contribution in [0.5, 0.6) is 0 Å². The van der Waals surface area contributed by atoms with Crippen LogP contribution < -0.4 is 0 Å². The summed E-state index contributed by atoms with van der Waals surface area (Å²) in [7, 11) is 0. The van der Waals surface area contributed by atoms with Crippen LogP contribution in [0, 0.1) is 5.92 Å². The number of carbonyl (C=O) groups excluding carboxylic acids is 1. The molecule has 0 aromatic rings. The normalized spacial score (nSPS) is 42.2. The van der Waals surface area contributed by atoms with Crippen molar-refractivity contribution in [1.29, 1.82) is 0 Å². The molecule has 2 heterocycles. The van der Waals surface area contributed by atoms with Crippen molar-refractivity contribution in [3.63, 3.8) is 0 Å². The summed E-state index contributed by atoms with van der Waals surface area (Å²) in [5.74, 6) is 0.382. The predicted octanol–water partition coefficient (Wildman–Crippen LogP) is -1.75. The fourth-order valence-corrected chi connectivity index (χ4v) is 2.92. The van der Waals surface area contributed by atoms with E-state index in [9.17, 15) is 20.1 Å². The van der Waals surface area contributed by atoms with Crippen LogP contribution in [-0.2, 0) is 4.79 Å². The Morgan fingerprint density at radius 1 is 1.22 bits per heavy atom. The Bertz CT molecular complexity index is 302. The van der Waals surface area contributed by atoms with Gasteiger partial charge in [0.25, 0.3) is 0 Å². The van der Waals surface area contributed by atoms with Crippen LogP contribution in [0.15, 0.2) is 0 Å². The molecule has 6 heteroatoms. The first-order valence-corrected chi connectivity index (χ1v) is 6.50. The molecule has 0 aliphatic carbocycles. The van der Waals surface area contributed by atoms with Crippen LogP contribution in [0.2, 0.25) is 0 Å². The van der Waals surface area contributed by atoms with E-state index in [0.717, 1.165) is 32.5 Å². The Balaban J connectivity index is 1.91. The van der Waals surface area contributed by atoms with E-state index in [1.807, 2.05) is 11.8 Å². The quantitative estimate of drug-likeness (QED) is 0.523. The number of nitrogens with zero attached hydrogens (tertiary/aromatic N) is 2. The summed E-state index contributed by atoms with van der Waals surface area (Å²) >= 11 is 0. The Morgan fingerprint density at radius 2 is 1.94 bits per heavy atom. The largest absolute Gasteiger partial charge is 0.389 e. The lowest BCUT2D eigenvalue weighted by atomic mass is 9.93. The zero-order valence-corrected chi connectivity index (χ0v) is 10.6. The third-order valence-corrected chi connectivity index (χ3v) is 4.19. The van der Waals surface area contributed by atoms with Gasteiger partial charge in [-0.2, -0.15) is 0 Å². The van der Waals surface area contributed by atoms with Crippen LogP contribution >= 0.6 is 0 Å². The summed E-state index contributed by atoms with van der Waals surface area (Å²) in [6, 6.07) is -0.173. The highest BCUT2D eigenvalue weighted by atomic mass is 16.4. The molecule has 5 atom stereocenters. The summed E-state index contributed by atoms with van der Waals surface area (Å²) in [4.78, 5) is 14.4. The van der Waals surface area contributed by atoms with Crippen molar-refractivity contribution in [2.24, 2.45) is 5.92 Å². The van der Waals surface area contributed by atoms with Crippen molar-refractivity contribution in [2.75, 3.05) is 26.2 Å². The second kappa shape index (κ2) is 5.52. The van der Waals surface area contributed by atoms with Crippen molar-refractivity contribution in [3.8, 4) is 0 Å². The second-order valence-electron chi connectivity index (χ2n) is 5.50. The molecule has 3 N–H and O–H groups in total. The molecule has 0 aromatic heterocycles. The number of β-amino-alcohol motifs (C(OH)–C–C–N with tert-alkyl or cyclic N) is 1. The molecule has 1 amide bonds. The Hall–Kier alpha value is -0.690. The SMILES string of the molecule is C[C@@H]1[C@@H](O)[C@H](O)[C@@H](O)CN1C[C@H]1CCN(C=O)C1. The minimum Gasteiger partial charge on any atom is -0.389 e. The van der Waals surface area contributed by atoms with E-state index < -0.39 is 18.3 Å². The molecular weight excluding hydrogens is 236 g/mol. The van der Waals surface area contributed by atoms with Crippen molar-refractivity contribution < 1.29 is 20.1 Å². The average Bonchev–Trinajstić information content (AvgIpc) is 2.81. The van der Waals surface area contributed by atoms with Crippen LogP contribution in [-0.4, -0.2) is 82.1 Å². The summed E-state index contributed by atoms with van der Waals surface area (Å²) in [5.41, 5.74) is 0. The van der Waals surface area contributed by atoms with Gasteiger partial charge in [-0.15, -0.1) is 0 Å². The number of hydrogen-bond donors (Lipinski definition) is 3. The number of piperidine rings is 1. The lowest BCUT2D eigenvalue weighted by Gasteiger charge is -2.43. The molecule has 2 aliphatic rings. The zero-order chi connectivity index (χ0) is 13.3. The Morgan fingerprint density at radius 3 is 2.56 bits per heavy atom. The predicted molar refractivity (Wildman–Crippen MR) is 64.8 cm³/mol. The van der Waals surface area contributed by atoms with Crippen molar-refractivity contribution in [3.05, 3.63) is 0 Å². The maximum absolute atomic E-state index is 10.7. The van der Waals surface area contributed by atoms with Crippen molar-refractivity contribution >= 4 is 6.41 Å². The molecular formula is C12H22N2O4. The molecule has 2 aliphatic heterocycles. The van der Waals surface area contributed by atoms with Crippen LogP contribution in [0.1, 0.15) is 13.3 Å². The highest BCUT2D eigenvalue weighted by molar-refractivity contribution is 5.47. The number of carbonyl (C=O) groups is 1. The monoisotopic (exact) mass is 258 g/mol. The third kappa shape index (κ3) is 2.66. The van der Waals surface area contributed by atoms with Gasteiger partial charge in [0.1, 0.15) is 6.10 Å². The van der Waals surface area contributed by atoms with Crippen LogP contribution in [0.3, 0.4) is 0 Å². The van der Waals surface area contributed by atoms with Crippen LogP contribution in [0.25, 0.3) is 0 Å². The standard InChI is InChI=1S/C12H22N2O4/c1-8-11(17)12(18)10(16)6-14(8)5-9-2-3-13(4-9)7-15/h7-12,16-18H,2-6H2,1H3/t8-,9+,10+,11-,12-/m1/s1. The number of aliphatic hydroxyl groups is 3. The molecule has 6 nitrogen and oxygen atoms in total. The van der Waals surface area contributed by atoms with E-state index in [1.165, 1.54) is 0 Å². The van der Waals surface area contributed by atoms with E-state index in [1.54, 1.807) is 4.90 Å². The Kier molecular flexibility index (Phi) is 4.21. The van der Waals surface area contributed by atoms with Gasteiger partial charge in [0, 0.05) is 32.2 Å². The maximum Gasteiger partial charge on any atom is 0.209 e. The number of aliphatic hydroxyl groups excluding tert-OH is 3. The summed E-state index contributed by atoms with van der Waals surface area (Å²) in [6.45, 7) is 4.49. The lowest BCUT2D eigenvalue weighted by molar-refractivity contribution is -0.135. The first kappa shape index (κ1) is 13.7. The van der Waals surface area contributed by atoms with Gasteiger partial charge in [0.2, 0.25) is 6.41 Å². The summed E-state index contributed by atoms with van der Waals surface area (Å²) < 4.78 is 0. The molecule has 0 aromatic carbocycles. The molecule has 2 rings (SSSR count). The fourth-order valence-electron chi connectivity index (χ4n) is 2.92. The second-order valence-corrected chi connectivity index (χ2v) is 5.50. The van der Waals surface area contributed by atoms with E-state index in [4.69, 9.17) is 0 Å². The highest BCUT2D eigenvalue weighted by Gasteiger charge is 2.39. The maximum atomic E-state index is 10.7. The molecule has 0 radical (unpaired) electrons. The molecule has 0 saturated carbocycles. The first-order chi connectivity index (χ1) is 8.52. The third-order valence-electron chi connectivity index (χ3n) is 4.19. The molecule has 0 bridgehead atoms. The molecule has 104 valence electrons. The summed E-state index contributed by atoms with van der Waals surface area (Å²) in [6.07, 6.45) is -1.06. The first-order valence-electron chi connectivity index (χ1n) is 6.50. The molecule has 18 heavy (non-hydrogen) atoms. The number of amides is 1. The molecule has 2 saturated heterocycles. The minimum absolute atomic E-state index is 0.173. The molecule has 0 unspecified atom stereocenters. The van der Waals surface area contributed by atoms with E-state index in [2.05, 4.69) is 0 Å². The minimum atomic E-state index is -1.06. The van der Waals surface area contributed by atoms with Gasteiger partial charge in [-0.25, -0.2) is 0 Å². The fraction of sp³-hybridized carbons (Fsp3) is 0.917. The van der Waals surface area contributed by atoms with Gasteiger partial charge < -0.3 is 20.2 Å². The lowest BCUT2D eigenvalue weighted by Crippen LogP contribution is -2.60. The number of hydrogen-bond acceptors (Lipinski definition) is 5. The van der Waals surface area contributed by atoms with Gasteiger partial charge in [0.15, 0.2) is 0 Å². The summed E-state index contributed by atoms with van der Waals surface area (Å²) in [5, 5.41) is 29.1. The molecule has 0 spiro atoms. The number of likely N-dealkylation sites (tertiary alicyclic amines) is 2. The Labute approximate surface area is 107 Å². The van der Waals surface area contributed by atoms with E-state index in [0.29, 0.717) is 12.5 Å². The van der Waals surface area contributed by atoms with Crippen molar-refractivity contribution in [1.82, 2.24) is 9.80 Å². The topological polar surface area (TPSA) is 84.2 Å². The van der Waals surface area contributed by atoms with Gasteiger partial charge in [-0.1, -0.05) is 0 Å². The number of rotatable bonds is 3. The smallest absolute Gasteiger partial charge is 0.209 e.